The molecule has 0 saturated heterocycles. The zero-order chi connectivity index (χ0) is 39.7. The molecule has 290 valence electrons. The van der Waals surface area contributed by atoms with Crippen LogP contribution in [0, 0.1) is 18.3 Å². The molecule has 1 fully saturated rings. The van der Waals surface area contributed by atoms with Crippen LogP contribution in [0.15, 0.2) is 77.2 Å². The van der Waals surface area contributed by atoms with E-state index in [1.54, 1.807) is 36.4 Å². The number of carbonyl (C=O) groups is 3. The number of ether oxygens (including phenoxy) is 2. The summed E-state index contributed by atoms with van der Waals surface area (Å²) in [4.78, 5) is 40.1. The Kier molecular flexibility index (Phi) is 13.6. The number of nitrogens with zero attached hydrogens (tertiary/aromatic N) is 1. The maximum absolute atomic E-state index is 14.0. The molecule has 5 rings (SSSR count). The quantitative estimate of drug-likeness (QED) is 0.107. The average Bonchev–Trinajstić information content (AvgIpc) is 3.62. The van der Waals surface area contributed by atoms with Crippen molar-refractivity contribution in [2.45, 2.75) is 103 Å². The number of aryl methyl sites for hydroxylation is 1. The van der Waals surface area contributed by atoms with Crippen LogP contribution < -0.4 is 26.0 Å². The van der Waals surface area contributed by atoms with E-state index in [-0.39, 0.29) is 41.0 Å². The molecule has 0 aliphatic heterocycles. The molecule has 12 heteroatoms. The van der Waals surface area contributed by atoms with Gasteiger partial charge in [0.05, 0.1) is 41.4 Å². The summed E-state index contributed by atoms with van der Waals surface area (Å²) in [5, 5.41) is 21.9. The van der Waals surface area contributed by atoms with Gasteiger partial charge in [-0.3, -0.25) is 9.59 Å². The van der Waals surface area contributed by atoms with Gasteiger partial charge in [0.15, 0.2) is 0 Å². The van der Waals surface area contributed by atoms with E-state index in [0.717, 1.165) is 5.56 Å². The standard InChI is InChI=1S/C43H50ClN5O6/c1-26-7-13-30(14-8-26)27(2)46-25-33-19-20-38(54-33)35-22-34(36(44)23-39(35)53-6)40(50)49-37(21-28-9-11-29(24-45)12-10-28)41(51)47-31-15-17-32(18-16-31)48-42(52)55-43(3,4)5/h7-14,19-20,22-23,27,31-32,37,46H,15-18,21,25H2,1-6H3,(H,47,51)(H,48,52)(H,49,50)/t27?,31-,32-,37?. The van der Waals surface area contributed by atoms with Gasteiger partial charge < -0.3 is 35.2 Å². The van der Waals surface area contributed by atoms with Crippen LogP contribution in [0.5, 0.6) is 5.75 Å². The first-order valence-corrected chi connectivity index (χ1v) is 19.0. The molecule has 4 aromatic rings. The van der Waals surface area contributed by atoms with Crippen LogP contribution in [0.25, 0.3) is 11.3 Å². The lowest BCUT2D eigenvalue weighted by molar-refractivity contribution is -0.123. The van der Waals surface area contributed by atoms with Gasteiger partial charge in [-0.05, 0) is 102 Å². The molecule has 55 heavy (non-hydrogen) atoms. The third kappa shape index (κ3) is 11.6. The number of hydrogen-bond acceptors (Lipinski definition) is 8. The summed E-state index contributed by atoms with van der Waals surface area (Å²) >= 11 is 6.67. The Morgan fingerprint density at radius 3 is 2.22 bits per heavy atom. The number of methoxy groups -OCH3 is 1. The van der Waals surface area contributed by atoms with Gasteiger partial charge in [-0.25, -0.2) is 4.79 Å². The molecule has 0 radical (unpaired) electrons. The number of alkyl carbamates (subject to hydrolysis) is 1. The van der Waals surface area contributed by atoms with Crippen LogP contribution in [0.2, 0.25) is 5.02 Å². The van der Waals surface area contributed by atoms with Crippen molar-refractivity contribution in [2.24, 2.45) is 0 Å². The lowest BCUT2D eigenvalue weighted by atomic mass is 9.91. The van der Waals surface area contributed by atoms with E-state index in [9.17, 15) is 19.6 Å². The van der Waals surface area contributed by atoms with Crippen LogP contribution in [0.1, 0.15) is 97.8 Å². The molecule has 0 spiro atoms. The fraction of sp³-hybridized carbons (Fsp3) is 0.395. The average molecular weight is 768 g/mol. The molecule has 2 atom stereocenters. The van der Waals surface area contributed by atoms with Crippen LogP contribution in [0.4, 0.5) is 4.79 Å². The van der Waals surface area contributed by atoms with Crippen LogP contribution in [-0.2, 0) is 22.5 Å². The molecule has 3 aromatic carbocycles. The normalized spacial score (nSPS) is 16.6. The summed E-state index contributed by atoms with van der Waals surface area (Å²) in [6.45, 7) is 10.1. The number of hydrogen-bond donors (Lipinski definition) is 4. The van der Waals surface area contributed by atoms with E-state index in [2.05, 4.69) is 65.4 Å². The summed E-state index contributed by atoms with van der Waals surface area (Å²) in [5.74, 6) is 0.714. The third-order valence-electron chi connectivity index (χ3n) is 9.56. The lowest BCUT2D eigenvalue weighted by Gasteiger charge is -2.31. The minimum absolute atomic E-state index is 0.0627. The van der Waals surface area contributed by atoms with Gasteiger partial charge in [-0.1, -0.05) is 53.6 Å². The van der Waals surface area contributed by atoms with Gasteiger partial charge in [0.2, 0.25) is 5.91 Å². The second-order valence-electron chi connectivity index (χ2n) is 15.1. The Bertz CT molecular complexity index is 1990. The topological polar surface area (TPSA) is 155 Å². The number of rotatable bonds is 13. The number of nitriles is 1. The number of benzene rings is 3. The maximum atomic E-state index is 14.0. The Morgan fingerprint density at radius 2 is 1.60 bits per heavy atom. The maximum Gasteiger partial charge on any atom is 0.407 e. The van der Waals surface area contributed by atoms with Crippen LogP contribution in [0.3, 0.4) is 0 Å². The molecular weight excluding hydrogens is 718 g/mol. The van der Waals surface area contributed by atoms with Crippen molar-refractivity contribution < 1.29 is 28.3 Å². The van der Waals surface area contributed by atoms with Gasteiger partial charge in [-0.2, -0.15) is 5.26 Å². The van der Waals surface area contributed by atoms with Crippen molar-refractivity contribution in [3.05, 3.63) is 111 Å². The first kappa shape index (κ1) is 40.9. The second-order valence-corrected chi connectivity index (χ2v) is 15.5. The van der Waals surface area contributed by atoms with Crippen molar-refractivity contribution >= 4 is 29.5 Å². The molecule has 3 amide bonds. The van der Waals surface area contributed by atoms with Crippen molar-refractivity contribution in [1.29, 1.82) is 5.26 Å². The Balaban J connectivity index is 1.29. The van der Waals surface area contributed by atoms with E-state index >= 15 is 0 Å². The summed E-state index contributed by atoms with van der Waals surface area (Å²) in [5.41, 5.74) is 3.70. The summed E-state index contributed by atoms with van der Waals surface area (Å²) < 4.78 is 17.2. The van der Waals surface area contributed by atoms with Crippen molar-refractivity contribution in [3.63, 3.8) is 0 Å². The van der Waals surface area contributed by atoms with Crippen molar-refractivity contribution in [2.75, 3.05) is 7.11 Å². The summed E-state index contributed by atoms with van der Waals surface area (Å²) in [7, 11) is 1.52. The fourth-order valence-electron chi connectivity index (χ4n) is 6.49. The summed E-state index contributed by atoms with van der Waals surface area (Å²) in [6.07, 6.45) is 2.33. The predicted octanol–water partition coefficient (Wildman–Crippen LogP) is 7.93. The van der Waals surface area contributed by atoms with Gasteiger partial charge in [0.1, 0.15) is 28.9 Å². The van der Waals surface area contributed by atoms with Gasteiger partial charge >= 0.3 is 6.09 Å². The zero-order valence-electron chi connectivity index (χ0n) is 32.3. The highest BCUT2D eigenvalue weighted by Crippen LogP contribution is 2.36. The molecule has 2 unspecified atom stereocenters. The van der Waals surface area contributed by atoms with E-state index < -0.39 is 23.6 Å². The molecule has 4 N–H and O–H groups in total. The molecular formula is C43H50ClN5O6. The Labute approximate surface area is 328 Å². The molecule has 1 aliphatic rings. The Hall–Kier alpha value is -5.31. The van der Waals surface area contributed by atoms with Crippen molar-refractivity contribution in [3.8, 4) is 23.1 Å². The monoisotopic (exact) mass is 767 g/mol. The number of amides is 3. The lowest BCUT2D eigenvalue weighted by Crippen LogP contribution is -2.52. The van der Waals surface area contributed by atoms with Gasteiger partial charge in [-0.15, -0.1) is 0 Å². The minimum atomic E-state index is -0.962. The smallest absolute Gasteiger partial charge is 0.407 e. The SMILES string of the molecule is COc1cc(Cl)c(C(=O)NC(Cc2ccc(C#N)cc2)C(=O)N[C@H]2CC[C@H](NC(=O)OC(C)(C)C)CC2)cc1-c1ccc(CNC(C)c2ccc(C)cc2)o1. The minimum Gasteiger partial charge on any atom is -0.496 e. The number of nitrogens with one attached hydrogen (secondary N) is 4. The molecule has 1 aliphatic carbocycles. The number of halogens is 1. The van der Waals surface area contributed by atoms with Crippen LogP contribution in [-0.4, -0.2) is 48.7 Å². The summed E-state index contributed by atoms with van der Waals surface area (Å²) in [6, 6.07) is 23.1. The largest absolute Gasteiger partial charge is 0.496 e. The second kappa shape index (κ2) is 18.3. The zero-order valence-corrected chi connectivity index (χ0v) is 33.0. The van der Waals surface area contributed by atoms with Crippen LogP contribution >= 0.6 is 11.6 Å². The van der Waals surface area contributed by atoms with E-state index in [1.807, 2.05) is 32.9 Å². The Morgan fingerprint density at radius 1 is 0.945 bits per heavy atom. The van der Waals surface area contributed by atoms with Gasteiger partial charge in [0, 0.05) is 30.6 Å². The molecule has 1 aromatic heterocycles. The highest BCUT2D eigenvalue weighted by Gasteiger charge is 2.30. The third-order valence-corrected chi connectivity index (χ3v) is 9.87. The van der Waals surface area contributed by atoms with E-state index in [0.29, 0.717) is 60.6 Å². The molecule has 11 nitrogen and oxygen atoms in total. The number of carbonyl (C=O) groups excluding carboxylic acids is 3. The first-order valence-electron chi connectivity index (χ1n) is 18.6. The first-order chi connectivity index (χ1) is 26.2. The number of furan rings is 1. The van der Waals surface area contributed by atoms with Crippen molar-refractivity contribution in [1.82, 2.24) is 21.3 Å². The fourth-order valence-corrected chi connectivity index (χ4v) is 6.73. The molecule has 1 heterocycles. The van der Waals surface area contributed by atoms with Gasteiger partial charge in [0.25, 0.3) is 5.91 Å². The molecule has 1 saturated carbocycles. The van der Waals surface area contributed by atoms with E-state index in [4.69, 9.17) is 25.5 Å². The molecule has 0 bridgehead atoms. The van der Waals surface area contributed by atoms with E-state index in [1.165, 1.54) is 18.2 Å². The predicted molar refractivity (Wildman–Crippen MR) is 212 cm³/mol. The highest BCUT2D eigenvalue weighted by atomic mass is 35.5. The highest BCUT2D eigenvalue weighted by molar-refractivity contribution is 6.34.